The number of aromatic nitrogens is 3. The van der Waals surface area contributed by atoms with Crippen molar-refractivity contribution in [3.05, 3.63) is 11.4 Å². The van der Waals surface area contributed by atoms with Crippen molar-refractivity contribution in [2.45, 2.75) is 25.5 Å². The van der Waals surface area contributed by atoms with E-state index in [0.717, 1.165) is 4.68 Å². The van der Waals surface area contributed by atoms with Gasteiger partial charge in [-0.15, -0.1) is 5.10 Å². The van der Waals surface area contributed by atoms with Crippen LogP contribution in [0.5, 0.6) is 0 Å². The SMILES string of the molecule is COCc1c(CC#N)nnn1CC(F)(F)CO. The number of nitriles is 1. The molecular formula is C9H12F2N4O2. The molecule has 0 unspecified atom stereocenters. The van der Waals surface area contributed by atoms with Gasteiger partial charge in [-0.25, -0.2) is 13.5 Å². The van der Waals surface area contributed by atoms with Crippen LogP contribution < -0.4 is 0 Å². The van der Waals surface area contributed by atoms with Gasteiger partial charge in [0.2, 0.25) is 0 Å². The maximum Gasteiger partial charge on any atom is 0.289 e. The van der Waals surface area contributed by atoms with Crippen LogP contribution >= 0.6 is 0 Å². The van der Waals surface area contributed by atoms with E-state index in [1.54, 1.807) is 0 Å². The Morgan fingerprint density at radius 2 is 2.29 bits per heavy atom. The molecule has 94 valence electrons. The third kappa shape index (κ3) is 3.44. The fourth-order valence-electron chi connectivity index (χ4n) is 1.27. The molecule has 0 fully saturated rings. The van der Waals surface area contributed by atoms with Crippen LogP contribution in [0.4, 0.5) is 8.78 Å². The summed E-state index contributed by atoms with van der Waals surface area (Å²) < 4.78 is 31.8. The summed E-state index contributed by atoms with van der Waals surface area (Å²) in [6.45, 7) is -2.03. The maximum absolute atomic E-state index is 13.0. The summed E-state index contributed by atoms with van der Waals surface area (Å²) in [5, 5.41) is 24.2. The van der Waals surface area contributed by atoms with Gasteiger partial charge in [-0.1, -0.05) is 5.21 Å². The number of nitrogens with zero attached hydrogens (tertiary/aromatic N) is 4. The topological polar surface area (TPSA) is 84.0 Å². The molecule has 1 heterocycles. The Hall–Kier alpha value is -1.59. The predicted molar refractivity (Wildman–Crippen MR) is 52.1 cm³/mol. The fourth-order valence-corrected chi connectivity index (χ4v) is 1.27. The highest BCUT2D eigenvalue weighted by Crippen LogP contribution is 2.17. The van der Waals surface area contributed by atoms with E-state index in [1.807, 2.05) is 6.07 Å². The Balaban J connectivity index is 2.95. The van der Waals surface area contributed by atoms with Gasteiger partial charge in [0, 0.05) is 7.11 Å². The van der Waals surface area contributed by atoms with Crippen LogP contribution in [0.2, 0.25) is 0 Å². The molecule has 0 aliphatic carbocycles. The minimum absolute atomic E-state index is 0.0244. The number of alkyl halides is 2. The van der Waals surface area contributed by atoms with E-state index in [1.165, 1.54) is 7.11 Å². The molecule has 0 aromatic carbocycles. The molecule has 0 amide bonds. The van der Waals surface area contributed by atoms with E-state index in [2.05, 4.69) is 10.3 Å². The summed E-state index contributed by atoms with van der Waals surface area (Å²) in [4.78, 5) is 0. The third-order valence-corrected chi connectivity index (χ3v) is 2.06. The van der Waals surface area contributed by atoms with Crippen LogP contribution in [0.15, 0.2) is 0 Å². The number of hydrogen-bond acceptors (Lipinski definition) is 5. The van der Waals surface area contributed by atoms with Crippen LogP contribution in [-0.4, -0.2) is 39.7 Å². The molecule has 6 nitrogen and oxygen atoms in total. The molecule has 17 heavy (non-hydrogen) atoms. The first-order chi connectivity index (χ1) is 8.04. The monoisotopic (exact) mass is 246 g/mol. The quantitative estimate of drug-likeness (QED) is 0.770. The first-order valence-electron chi connectivity index (χ1n) is 4.80. The second-order valence-corrected chi connectivity index (χ2v) is 3.42. The zero-order valence-corrected chi connectivity index (χ0v) is 9.23. The van der Waals surface area contributed by atoms with Crippen molar-refractivity contribution >= 4 is 0 Å². The smallest absolute Gasteiger partial charge is 0.289 e. The lowest BCUT2D eigenvalue weighted by atomic mass is 10.2. The van der Waals surface area contributed by atoms with Crippen LogP contribution in [0, 0.1) is 11.3 Å². The molecule has 0 saturated heterocycles. The number of methoxy groups -OCH3 is 1. The van der Waals surface area contributed by atoms with Crippen molar-refractivity contribution in [2.75, 3.05) is 13.7 Å². The summed E-state index contributed by atoms with van der Waals surface area (Å²) >= 11 is 0. The lowest BCUT2D eigenvalue weighted by Gasteiger charge is -2.14. The van der Waals surface area contributed by atoms with Crippen molar-refractivity contribution in [1.82, 2.24) is 15.0 Å². The lowest BCUT2D eigenvalue weighted by Crippen LogP contribution is -2.29. The van der Waals surface area contributed by atoms with Crippen molar-refractivity contribution in [1.29, 1.82) is 5.26 Å². The number of aliphatic hydroxyl groups is 1. The Morgan fingerprint density at radius 3 is 2.82 bits per heavy atom. The van der Waals surface area contributed by atoms with Gasteiger partial charge in [-0.05, 0) is 0 Å². The van der Waals surface area contributed by atoms with Gasteiger partial charge in [0.1, 0.15) is 18.8 Å². The molecule has 1 N–H and O–H groups in total. The summed E-state index contributed by atoms with van der Waals surface area (Å²) in [7, 11) is 1.40. The maximum atomic E-state index is 13.0. The second-order valence-electron chi connectivity index (χ2n) is 3.42. The van der Waals surface area contributed by atoms with Gasteiger partial charge in [-0.3, -0.25) is 0 Å². The van der Waals surface area contributed by atoms with E-state index in [-0.39, 0.29) is 13.0 Å². The van der Waals surface area contributed by atoms with E-state index in [4.69, 9.17) is 15.1 Å². The number of rotatable bonds is 6. The molecular weight excluding hydrogens is 234 g/mol. The molecule has 1 aromatic heterocycles. The van der Waals surface area contributed by atoms with E-state index in [0.29, 0.717) is 11.4 Å². The molecule has 0 atom stereocenters. The zero-order chi connectivity index (χ0) is 12.9. The Bertz CT molecular complexity index is 414. The summed E-state index contributed by atoms with van der Waals surface area (Å²) in [6, 6.07) is 1.86. The second kappa shape index (κ2) is 5.65. The predicted octanol–water partition coefficient (Wildman–Crippen LogP) is 0.118. The van der Waals surface area contributed by atoms with Crippen molar-refractivity contribution < 1.29 is 18.6 Å². The average Bonchev–Trinajstić information content (AvgIpc) is 2.63. The fraction of sp³-hybridized carbons (Fsp3) is 0.667. The molecule has 0 bridgehead atoms. The number of ether oxygens (including phenoxy) is 1. The van der Waals surface area contributed by atoms with E-state index >= 15 is 0 Å². The molecule has 1 rings (SSSR count). The van der Waals surface area contributed by atoms with Gasteiger partial charge < -0.3 is 9.84 Å². The molecule has 1 aromatic rings. The highest BCUT2D eigenvalue weighted by molar-refractivity contribution is 5.13. The normalized spacial score (nSPS) is 11.5. The molecule has 0 aliphatic rings. The number of aliphatic hydroxyl groups excluding tert-OH is 1. The van der Waals surface area contributed by atoms with Gasteiger partial charge in [0.15, 0.2) is 0 Å². The van der Waals surface area contributed by atoms with E-state index in [9.17, 15) is 8.78 Å². The Kier molecular flexibility index (Phi) is 4.48. The zero-order valence-electron chi connectivity index (χ0n) is 9.23. The first-order valence-corrected chi connectivity index (χ1v) is 4.80. The lowest BCUT2D eigenvalue weighted by molar-refractivity contribution is -0.0666. The molecule has 0 radical (unpaired) electrons. The molecule has 0 spiro atoms. The summed E-state index contributed by atoms with van der Waals surface area (Å²) in [5.41, 5.74) is 0.630. The largest absolute Gasteiger partial charge is 0.390 e. The van der Waals surface area contributed by atoms with Crippen molar-refractivity contribution in [3.8, 4) is 6.07 Å². The standard InChI is InChI=1S/C9H12F2N4O2/c1-17-4-8-7(2-3-12)13-14-15(8)5-9(10,11)6-16/h16H,2,4-6H2,1H3. The van der Waals surface area contributed by atoms with Crippen molar-refractivity contribution in [3.63, 3.8) is 0 Å². The average molecular weight is 246 g/mol. The summed E-state index contributed by atoms with van der Waals surface area (Å²) in [6.07, 6.45) is -0.0244. The van der Waals surface area contributed by atoms with Gasteiger partial charge in [0.05, 0.1) is 24.8 Å². The van der Waals surface area contributed by atoms with Gasteiger partial charge >= 0.3 is 0 Å². The van der Waals surface area contributed by atoms with E-state index < -0.39 is 19.1 Å². The third-order valence-electron chi connectivity index (χ3n) is 2.06. The number of halogens is 2. The first kappa shape index (κ1) is 13.5. The molecule has 8 heteroatoms. The molecule has 0 saturated carbocycles. The highest BCUT2D eigenvalue weighted by atomic mass is 19.3. The molecule has 0 aliphatic heterocycles. The van der Waals surface area contributed by atoms with Gasteiger partial charge in [-0.2, -0.15) is 5.26 Å². The highest BCUT2D eigenvalue weighted by Gasteiger charge is 2.30. The van der Waals surface area contributed by atoms with Crippen LogP contribution in [0.1, 0.15) is 11.4 Å². The minimum atomic E-state index is -3.28. The summed E-state index contributed by atoms with van der Waals surface area (Å²) in [5.74, 6) is -3.28. The Morgan fingerprint density at radius 1 is 1.59 bits per heavy atom. The number of hydrogen-bond donors (Lipinski definition) is 1. The Labute approximate surface area is 96.4 Å². The van der Waals surface area contributed by atoms with Gasteiger partial charge in [0.25, 0.3) is 5.92 Å². The van der Waals surface area contributed by atoms with Crippen LogP contribution in [0.25, 0.3) is 0 Å². The van der Waals surface area contributed by atoms with Crippen LogP contribution in [-0.2, 0) is 24.3 Å². The van der Waals surface area contributed by atoms with Crippen LogP contribution in [0.3, 0.4) is 0 Å². The van der Waals surface area contributed by atoms with Crippen molar-refractivity contribution in [2.24, 2.45) is 0 Å². The minimum Gasteiger partial charge on any atom is -0.390 e.